The Morgan fingerprint density at radius 1 is 0.857 bits per heavy atom. The fourth-order valence-electron chi connectivity index (χ4n) is 3.37. The second-order valence-electron chi connectivity index (χ2n) is 6.26. The minimum atomic E-state index is -0.580. The maximum atomic E-state index is 10.6. The first kappa shape index (κ1) is 14.3. The van der Waals surface area contributed by atoms with Crippen molar-refractivity contribution in [1.82, 2.24) is 0 Å². The molecule has 0 atom stereocenters. The van der Waals surface area contributed by atoms with Gasteiger partial charge in [0.05, 0.1) is 5.60 Å². The van der Waals surface area contributed by atoms with E-state index < -0.39 is 5.60 Å². The lowest BCUT2D eigenvalue weighted by Crippen LogP contribution is -2.20. The Labute approximate surface area is 127 Å². The van der Waals surface area contributed by atoms with Crippen molar-refractivity contribution < 1.29 is 5.11 Å². The molecule has 1 aliphatic rings. The summed E-state index contributed by atoms with van der Waals surface area (Å²) >= 11 is 0. The molecular weight excluding hydrogens is 256 g/mol. The van der Waals surface area contributed by atoms with E-state index in [1.807, 2.05) is 0 Å². The minimum Gasteiger partial charge on any atom is -0.385 e. The van der Waals surface area contributed by atoms with E-state index in [9.17, 15) is 5.11 Å². The van der Waals surface area contributed by atoms with Gasteiger partial charge in [0.25, 0.3) is 0 Å². The van der Waals surface area contributed by atoms with Gasteiger partial charge in [0.15, 0.2) is 0 Å². The number of aliphatic hydroxyl groups is 1. The molecule has 1 saturated carbocycles. The van der Waals surface area contributed by atoms with Crippen molar-refractivity contribution in [2.24, 2.45) is 0 Å². The van der Waals surface area contributed by atoms with Crippen molar-refractivity contribution in [2.75, 3.05) is 0 Å². The first-order chi connectivity index (χ1) is 10.2. The molecule has 0 aliphatic heterocycles. The van der Waals surface area contributed by atoms with Crippen molar-refractivity contribution in [2.45, 2.75) is 51.0 Å². The Bertz CT molecular complexity index is 574. The van der Waals surface area contributed by atoms with E-state index in [4.69, 9.17) is 0 Å². The highest BCUT2D eigenvalue weighted by Crippen LogP contribution is 2.39. The summed E-state index contributed by atoms with van der Waals surface area (Å²) in [5, 5.41) is 10.6. The molecule has 0 aromatic heterocycles. The molecule has 2 aromatic carbocycles. The molecule has 3 rings (SSSR count). The molecular formula is C20H24O. The van der Waals surface area contributed by atoms with Crippen LogP contribution in [0.4, 0.5) is 0 Å². The molecule has 1 N–H and O–H groups in total. The molecule has 21 heavy (non-hydrogen) atoms. The Hall–Kier alpha value is -1.60. The van der Waals surface area contributed by atoms with Crippen LogP contribution in [0.25, 0.3) is 11.1 Å². The highest BCUT2D eigenvalue weighted by Gasteiger charge is 2.32. The van der Waals surface area contributed by atoms with Crippen LogP contribution in [0, 0.1) is 0 Å². The van der Waals surface area contributed by atoms with Crippen molar-refractivity contribution >= 4 is 0 Å². The van der Waals surface area contributed by atoms with Crippen molar-refractivity contribution in [3.63, 3.8) is 0 Å². The van der Waals surface area contributed by atoms with Crippen molar-refractivity contribution in [3.8, 4) is 11.1 Å². The molecule has 0 radical (unpaired) electrons. The Morgan fingerprint density at radius 3 is 1.90 bits per heavy atom. The van der Waals surface area contributed by atoms with E-state index in [1.54, 1.807) is 0 Å². The standard InChI is InChI=1S/C20H24O/c1-2-5-16-6-8-17(9-7-16)18-10-12-19(13-11-18)20(21)14-3-4-15-20/h6-13,21H,2-5,14-15H2,1H3. The lowest BCUT2D eigenvalue weighted by molar-refractivity contribution is 0.0445. The van der Waals surface area contributed by atoms with Crippen LogP contribution >= 0.6 is 0 Å². The van der Waals surface area contributed by atoms with E-state index in [-0.39, 0.29) is 0 Å². The predicted octanol–water partition coefficient (Wildman–Crippen LogP) is 5.07. The Kier molecular flexibility index (Phi) is 4.12. The summed E-state index contributed by atoms with van der Waals surface area (Å²) in [5.41, 5.74) is 4.37. The zero-order valence-corrected chi connectivity index (χ0v) is 12.8. The highest BCUT2D eigenvalue weighted by molar-refractivity contribution is 5.64. The number of aryl methyl sites for hydroxylation is 1. The Morgan fingerprint density at radius 2 is 1.38 bits per heavy atom. The fraction of sp³-hybridized carbons (Fsp3) is 0.400. The molecule has 2 aromatic rings. The molecule has 0 spiro atoms. The molecule has 110 valence electrons. The van der Waals surface area contributed by atoms with Crippen LogP contribution in [0.1, 0.15) is 50.2 Å². The number of hydrogen-bond acceptors (Lipinski definition) is 1. The van der Waals surface area contributed by atoms with Crippen LogP contribution in [-0.4, -0.2) is 5.11 Å². The van der Waals surface area contributed by atoms with E-state index in [0.29, 0.717) is 0 Å². The average molecular weight is 280 g/mol. The maximum absolute atomic E-state index is 10.6. The van der Waals surface area contributed by atoms with E-state index in [0.717, 1.165) is 37.7 Å². The van der Waals surface area contributed by atoms with Crippen LogP contribution < -0.4 is 0 Å². The first-order valence-corrected chi connectivity index (χ1v) is 8.13. The van der Waals surface area contributed by atoms with Crippen molar-refractivity contribution in [3.05, 3.63) is 59.7 Å². The average Bonchev–Trinajstić information content (AvgIpc) is 2.97. The van der Waals surface area contributed by atoms with Gasteiger partial charge in [-0.3, -0.25) is 0 Å². The Balaban J connectivity index is 1.80. The predicted molar refractivity (Wildman–Crippen MR) is 88.2 cm³/mol. The van der Waals surface area contributed by atoms with Gasteiger partial charge in [-0.15, -0.1) is 0 Å². The normalized spacial score (nSPS) is 17.0. The third-order valence-electron chi connectivity index (χ3n) is 4.68. The molecule has 1 heteroatoms. The zero-order valence-electron chi connectivity index (χ0n) is 12.8. The molecule has 0 saturated heterocycles. The molecule has 1 aliphatic carbocycles. The fourth-order valence-corrected chi connectivity index (χ4v) is 3.37. The van der Waals surface area contributed by atoms with E-state index in [1.165, 1.54) is 23.1 Å². The summed E-state index contributed by atoms with van der Waals surface area (Å²) in [6.07, 6.45) is 6.41. The third-order valence-corrected chi connectivity index (χ3v) is 4.68. The molecule has 0 unspecified atom stereocenters. The van der Waals surface area contributed by atoms with E-state index in [2.05, 4.69) is 55.5 Å². The van der Waals surface area contributed by atoms with Gasteiger partial charge in [0.1, 0.15) is 0 Å². The summed E-state index contributed by atoms with van der Waals surface area (Å²) < 4.78 is 0. The van der Waals surface area contributed by atoms with Gasteiger partial charge in [0.2, 0.25) is 0 Å². The summed E-state index contributed by atoms with van der Waals surface area (Å²) in [4.78, 5) is 0. The number of hydrogen-bond donors (Lipinski definition) is 1. The smallest absolute Gasteiger partial charge is 0.0896 e. The lowest BCUT2D eigenvalue weighted by Gasteiger charge is -2.22. The quantitative estimate of drug-likeness (QED) is 0.829. The zero-order chi connectivity index (χ0) is 14.7. The number of rotatable bonds is 4. The largest absolute Gasteiger partial charge is 0.385 e. The second kappa shape index (κ2) is 6.03. The van der Waals surface area contributed by atoms with Gasteiger partial charge in [-0.25, -0.2) is 0 Å². The molecule has 0 bridgehead atoms. The second-order valence-corrected chi connectivity index (χ2v) is 6.26. The van der Waals surface area contributed by atoms with Gasteiger partial charge < -0.3 is 5.11 Å². The molecule has 0 heterocycles. The van der Waals surface area contributed by atoms with Crippen LogP contribution in [0.3, 0.4) is 0 Å². The summed E-state index contributed by atoms with van der Waals surface area (Å²) in [6.45, 7) is 2.21. The third kappa shape index (κ3) is 3.03. The monoisotopic (exact) mass is 280 g/mol. The summed E-state index contributed by atoms with van der Waals surface area (Å²) in [5.74, 6) is 0. The molecule has 1 nitrogen and oxygen atoms in total. The van der Waals surface area contributed by atoms with Gasteiger partial charge in [0, 0.05) is 0 Å². The van der Waals surface area contributed by atoms with Crippen LogP contribution in [0.5, 0.6) is 0 Å². The number of benzene rings is 2. The summed E-state index contributed by atoms with van der Waals surface area (Å²) in [6, 6.07) is 17.3. The SMILES string of the molecule is CCCc1ccc(-c2ccc(C3(O)CCCC3)cc2)cc1. The maximum Gasteiger partial charge on any atom is 0.0896 e. The highest BCUT2D eigenvalue weighted by atomic mass is 16.3. The van der Waals surface area contributed by atoms with Gasteiger partial charge >= 0.3 is 0 Å². The summed E-state index contributed by atoms with van der Waals surface area (Å²) in [7, 11) is 0. The van der Waals surface area contributed by atoms with Crippen LogP contribution in [-0.2, 0) is 12.0 Å². The van der Waals surface area contributed by atoms with Crippen LogP contribution in [0.2, 0.25) is 0 Å². The molecule has 0 amide bonds. The van der Waals surface area contributed by atoms with Gasteiger partial charge in [-0.05, 0) is 41.5 Å². The lowest BCUT2D eigenvalue weighted by atomic mass is 9.90. The first-order valence-electron chi connectivity index (χ1n) is 8.13. The van der Waals surface area contributed by atoms with E-state index >= 15 is 0 Å². The molecule has 1 fully saturated rings. The topological polar surface area (TPSA) is 20.2 Å². The van der Waals surface area contributed by atoms with Gasteiger partial charge in [-0.1, -0.05) is 74.7 Å². The minimum absolute atomic E-state index is 0.580. The van der Waals surface area contributed by atoms with Gasteiger partial charge in [-0.2, -0.15) is 0 Å². The van der Waals surface area contributed by atoms with Crippen molar-refractivity contribution in [1.29, 1.82) is 0 Å². The van der Waals surface area contributed by atoms with Crippen LogP contribution in [0.15, 0.2) is 48.5 Å².